The van der Waals surface area contributed by atoms with E-state index in [4.69, 9.17) is 18.9 Å². The van der Waals surface area contributed by atoms with Gasteiger partial charge in [0.25, 0.3) is 0 Å². The minimum Gasteiger partial charge on any atom is -0.497 e. The predicted octanol–water partition coefficient (Wildman–Crippen LogP) is 6.85. The molecule has 0 saturated carbocycles. The number of hydrogen-bond acceptors (Lipinski definition) is 5. The van der Waals surface area contributed by atoms with Crippen LogP contribution in [0.15, 0.2) is 83.3 Å². The Labute approximate surface area is 212 Å². The number of benzene rings is 3. The topological polar surface area (TPSA) is 64.8 Å². The normalized spacial score (nSPS) is 10.8. The predicted molar refractivity (Wildman–Crippen MR) is 140 cm³/mol. The highest BCUT2D eigenvalue weighted by Crippen LogP contribution is 2.23. The number of carbonyl (C=O) groups is 1. The van der Waals surface area contributed by atoms with E-state index < -0.39 is 0 Å². The van der Waals surface area contributed by atoms with Gasteiger partial charge >= 0.3 is 6.09 Å². The first-order valence-electron chi connectivity index (χ1n) is 12.3. The molecule has 1 aromatic heterocycles. The SMILES string of the molecule is CCN(Cc1cccc(CCCc2nc(-c3ccccc3)oc2C)c1)C(=O)Oc1ccc(OC)cc1. The molecule has 0 unspecified atom stereocenters. The second-order valence-corrected chi connectivity index (χ2v) is 8.62. The molecule has 0 saturated heterocycles. The molecule has 4 rings (SSSR count). The van der Waals surface area contributed by atoms with Crippen molar-refractivity contribution in [3.05, 3.63) is 101 Å². The van der Waals surface area contributed by atoms with Gasteiger partial charge in [-0.2, -0.15) is 0 Å². The third-order valence-corrected chi connectivity index (χ3v) is 6.06. The Morgan fingerprint density at radius 1 is 0.917 bits per heavy atom. The number of amides is 1. The van der Waals surface area contributed by atoms with Crippen molar-refractivity contribution < 1.29 is 18.7 Å². The molecule has 1 amide bonds. The van der Waals surface area contributed by atoms with Crippen LogP contribution in [0.1, 0.15) is 35.9 Å². The molecule has 0 N–H and O–H groups in total. The molecular weight excluding hydrogens is 452 g/mol. The Balaban J connectivity index is 1.32. The van der Waals surface area contributed by atoms with Gasteiger partial charge in [-0.1, -0.05) is 42.5 Å². The summed E-state index contributed by atoms with van der Waals surface area (Å²) in [7, 11) is 1.60. The van der Waals surface area contributed by atoms with Gasteiger partial charge in [-0.25, -0.2) is 9.78 Å². The zero-order chi connectivity index (χ0) is 25.3. The minimum atomic E-state index is -0.371. The number of carbonyl (C=O) groups excluding carboxylic acids is 1. The molecule has 0 spiro atoms. The molecule has 0 aliphatic rings. The van der Waals surface area contributed by atoms with Crippen molar-refractivity contribution in [2.45, 2.75) is 39.7 Å². The van der Waals surface area contributed by atoms with Crippen LogP contribution in [0.3, 0.4) is 0 Å². The van der Waals surface area contributed by atoms with Crippen LogP contribution in [0.4, 0.5) is 4.79 Å². The number of rotatable bonds is 10. The van der Waals surface area contributed by atoms with Gasteiger partial charge in [0.15, 0.2) is 0 Å². The van der Waals surface area contributed by atoms with Crippen LogP contribution in [-0.2, 0) is 19.4 Å². The monoisotopic (exact) mass is 484 g/mol. The van der Waals surface area contributed by atoms with Crippen LogP contribution in [0.2, 0.25) is 0 Å². The number of hydrogen-bond donors (Lipinski definition) is 0. The summed E-state index contributed by atoms with van der Waals surface area (Å²) < 4.78 is 16.6. The van der Waals surface area contributed by atoms with E-state index in [9.17, 15) is 4.79 Å². The zero-order valence-corrected chi connectivity index (χ0v) is 21.1. The highest BCUT2D eigenvalue weighted by Gasteiger charge is 2.15. The lowest BCUT2D eigenvalue weighted by atomic mass is 10.0. The maximum atomic E-state index is 12.7. The Bertz CT molecular complexity index is 1270. The van der Waals surface area contributed by atoms with Gasteiger partial charge < -0.3 is 18.8 Å². The summed E-state index contributed by atoms with van der Waals surface area (Å²) >= 11 is 0. The lowest BCUT2D eigenvalue weighted by Crippen LogP contribution is -2.32. The van der Waals surface area contributed by atoms with Gasteiger partial charge in [-0.15, -0.1) is 0 Å². The maximum absolute atomic E-state index is 12.7. The van der Waals surface area contributed by atoms with Crippen LogP contribution in [0.25, 0.3) is 11.5 Å². The zero-order valence-electron chi connectivity index (χ0n) is 21.1. The molecule has 0 fully saturated rings. The molecule has 36 heavy (non-hydrogen) atoms. The standard InChI is InChI=1S/C30H32N2O4/c1-4-32(30(33)36-27-18-16-26(34-3)17-19-27)21-24-12-8-10-23(20-24)11-9-15-28-22(2)35-29(31-28)25-13-6-5-7-14-25/h5-8,10,12-14,16-20H,4,9,11,15,21H2,1-3H3. The molecular formula is C30H32N2O4. The summed E-state index contributed by atoms with van der Waals surface area (Å²) in [6.45, 7) is 4.96. The van der Waals surface area contributed by atoms with Gasteiger partial charge in [0.1, 0.15) is 17.3 Å². The van der Waals surface area contributed by atoms with Crippen molar-refractivity contribution >= 4 is 6.09 Å². The number of nitrogens with zero attached hydrogens (tertiary/aromatic N) is 2. The first-order chi connectivity index (χ1) is 17.6. The van der Waals surface area contributed by atoms with Gasteiger partial charge in [0.2, 0.25) is 5.89 Å². The number of aryl methyl sites for hydroxylation is 3. The number of methoxy groups -OCH3 is 1. The summed E-state index contributed by atoms with van der Waals surface area (Å²) in [6.07, 6.45) is 2.36. The molecule has 0 bridgehead atoms. The van der Waals surface area contributed by atoms with Crippen molar-refractivity contribution in [1.82, 2.24) is 9.88 Å². The molecule has 1 heterocycles. The van der Waals surface area contributed by atoms with Crippen LogP contribution in [-0.4, -0.2) is 29.6 Å². The van der Waals surface area contributed by atoms with E-state index in [-0.39, 0.29) is 6.09 Å². The van der Waals surface area contributed by atoms with Crippen LogP contribution in [0, 0.1) is 6.92 Å². The van der Waals surface area contributed by atoms with Gasteiger partial charge in [0.05, 0.1) is 12.8 Å². The van der Waals surface area contributed by atoms with Crippen molar-refractivity contribution in [1.29, 1.82) is 0 Å². The van der Waals surface area contributed by atoms with Crippen molar-refractivity contribution in [3.8, 4) is 23.0 Å². The van der Waals surface area contributed by atoms with E-state index in [0.717, 1.165) is 41.8 Å². The largest absolute Gasteiger partial charge is 0.497 e. The van der Waals surface area contributed by atoms with E-state index in [1.807, 2.05) is 56.3 Å². The van der Waals surface area contributed by atoms with Crippen molar-refractivity contribution in [2.24, 2.45) is 0 Å². The number of oxazole rings is 1. The fourth-order valence-electron chi connectivity index (χ4n) is 4.04. The van der Waals surface area contributed by atoms with Crippen LogP contribution >= 0.6 is 0 Å². The second-order valence-electron chi connectivity index (χ2n) is 8.62. The molecule has 3 aromatic carbocycles. The number of aromatic nitrogens is 1. The summed E-state index contributed by atoms with van der Waals surface area (Å²) in [5.74, 6) is 2.75. The molecule has 4 aromatic rings. The van der Waals surface area contributed by atoms with E-state index in [1.165, 1.54) is 5.56 Å². The molecule has 0 aliphatic carbocycles. The quantitative estimate of drug-likeness (QED) is 0.246. The van der Waals surface area contributed by atoms with Crippen molar-refractivity contribution in [3.63, 3.8) is 0 Å². The Morgan fingerprint density at radius 2 is 1.64 bits per heavy atom. The van der Waals surface area contributed by atoms with E-state index in [1.54, 1.807) is 36.3 Å². The number of ether oxygens (including phenoxy) is 2. The van der Waals surface area contributed by atoms with Gasteiger partial charge in [0, 0.05) is 18.7 Å². The second kappa shape index (κ2) is 12.1. The first-order valence-corrected chi connectivity index (χ1v) is 12.3. The Hall–Kier alpha value is -4.06. The molecule has 6 heteroatoms. The first kappa shape index (κ1) is 25.0. The fourth-order valence-corrected chi connectivity index (χ4v) is 4.04. The van der Waals surface area contributed by atoms with Crippen LogP contribution < -0.4 is 9.47 Å². The third kappa shape index (κ3) is 6.54. The minimum absolute atomic E-state index is 0.371. The average Bonchev–Trinajstić information content (AvgIpc) is 3.28. The fraction of sp³-hybridized carbons (Fsp3) is 0.267. The maximum Gasteiger partial charge on any atom is 0.415 e. The van der Waals surface area contributed by atoms with E-state index in [2.05, 4.69) is 12.1 Å². The van der Waals surface area contributed by atoms with Gasteiger partial charge in [-0.05, 0) is 80.6 Å². The Morgan fingerprint density at radius 3 is 2.36 bits per heavy atom. The Kier molecular flexibility index (Phi) is 8.40. The van der Waals surface area contributed by atoms with Crippen LogP contribution in [0.5, 0.6) is 11.5 Å². The third-order valence-electron chi connectivity index (χ3n) is 6.06. The smallest absolute Gasteiger partial charge is 0.415 e. The lowest BCUT2D eigenvalue weighted by Gasteiger charge is -2.20. The van der Waals surface area contributed by atoms with E-state index >= 15 is 0 Å². The van der Waals surface area contributed by atoms with Gasteiger partial charge in [-0.3, -0.25) is 0 Å². The molecule has 0 radical (unpaired) electrons. The highest BCUT2D eigenvalue weighted by molar-refractivity contribution is 5.70. The lowest BCUT2D eigenvalue weighted by molar-refractivity contribution is 0.152. The highest BCUT2D eigenvalue weighted by atomic mass is 16.6. The van der Waals surface area contributed by atoms with E-state index in [0.29, 0.717) is 30.5 Å². The van der Waals surface area contributed by atoms with Crippen molar-refractivity contribution in [2.75, 3.05) is 13.7 Å². The summed E-state index contributed by atoms with van der Waals surface area (Å²) in [5, 5.41) is 0. The average molecular weight is 485 g/mol. The molecule has 6 nitrogen and oxygen atoms in total. The molecule has 186 valence electrons. The summed E-state index contributed by atoms with van der Waals surface area (Å²) in [4.78, 5) is 19.1. The summed E-state index contributed by atoms with van der Waals surface area (Å²) in [6, 6.07) is 25.3. The summed E-state index contributed by atoms with van der Waals surface area (Å²) in [5.41, 5.74) is 4.30. The molecule has 0 atom stereocenters. The molecule has 0 aliphatic heterocycles.